The van der Waals surface area contributed by atoms with Crippen LogP contribution in [0.1, 0.15) is 40.4 Å². The standard InChI is InChI=1S/C17H14O4/c1-10-13-6-11(8-18)2-4-14(13)21-17(10)12-3-5-15-16(7-12)20-9-19-15/h2-8,10,17H,9H2,1H3/t10-,17+/m0/s1. The Bertz CT molecular complexity index is 723. The first-order valence-electron chi connectivity index (χ1n) is 6.91. The lowest BCUT2D eigenvalue weighted by Gasteiger charge is -2.16. The summed E-state index contributed by atoms with van der Waals surface area (Å²) in [4.78, 5) is 10.9. The molecule has 2 heterocycles. The summed E-state index contributed by atoms with van der Waals surface area (Å²) in [6.45, 7) is 2.37. The Morgan fingerprint density at radius 3 is 2.71 bits per heavy atom. The average Bonchev–Trinajstić information content (AvgIpc) is 3.11. The SMILES string of the molecule is C[C@H]1c2cc(C=O)ccc2O[C@H]1c1ccc2c(c1)OCO2. The van der Waals surface area contributed by atoms with E-state index < -0.39 is 0 Å². The van der Waals surface area contributed by atoms with E-state index in [4.69, 9.17) is 14.2 Å². The molecule has 0 unspecified atom stereocenters. The minimum Gasteiger partial charge on any atom is -0.485 e. The molecule has 4 nitrogen and oxygen atoms in total. The first-order chi connectivity index (χ1) is 10.3. The predicted molar refractivity (Wildman–Crippen MR) is 76.2 cm³/mol. The van der Waals surface area contributed by atoms with Gasteiger partial charge in [0.1, 0.15) is 18.1 Å². The summed E-state index contributed by atoms with van der Waals surface area (Å²) in [5, 5.41) is 0. The number of benzene rings is 2. The quantitative estimate of drug-likeness (QED) is 0.791. The van der Waals surface area contributed by atoms with Crippen molar-refractivity contribution in [3.8, 4) is 17.2 Å². The molecule has 0 N–H and O–H groups in total. The predicted octanol–water partition coefficient (Wildman–Crippen LogP) is 3.47. The lowest BCUT2D eigenvalue weighted by molar-refractivity contribution is 0.112. The molecule has 4 heteroatoms. The lowest BCUT2D eigenvalue weighted by atomic mass is 9.92. The van der Waals surface area contributed by atoms with E-state index >= 15 is 0 Å². The van der Waals surface area contributed by atoms with Crippen molar-refractivity contribution >= 4 is 6.29 Å². The van der Waals surface area contributed by atoms with Crippen LogP contribution in [-0.4, -0.2) is 13.1 Å². The molecule has 2 aliphatic heterocycles. The Hall–Kier alpha value is -2.49. The minimum atomic E-state index is -0.0728. The van der Waals surface area contributed by atoms with Crippen LogP contribution in [-0.2, 0) is 0 Å². The molecule has 2 atom stereocenters. The van der Waals surface area contributed by atoms with Crippen LogP contribution in [0.3, 0.4) is 0 Å². The summed E-state index contributed by atoms with van der Waals surface area (Å²) in [5.74, 6) is 2.55. The molecule has 2 aliphatic rings. The van der Waals surface area contributed by atoms with E-state index in [0.29, 0.717) is 5.56 Å². The maximum Gasteiger partial charge on any atom is 0.231 e. The largest absolute Gasteiger partial charge is 0.485 e. The smallest absolute Gasteiger partial charge is 0.231 e. The van der Waals surface area contributed by atoms with Crippen LogP contribution in [0.25, 0.3) is 0 Å². The van der Waals surface area contributed by atoms with Crippen molar-refractivity contribution in [1.29, 1.82) is 0 Å². The molecule has 2 aromatic rings. The third kappa shape index (κ3) is 1.87. The molecule has 0 spiro atoms. The van der Waals surface area contributed by atoms with Crippen LogP contribution in [0.4, 0.5) is 0 Å². The van der Waals surface area contributed by atoms with Crippen molar-refractivity contribution in [2.24, 2.45) is 0 Å². The van der Waals surface area contributed by atoms with Gasteiger partial charge in [-0.1, -0.05) is 13.0 Å². The molecule has 0 bridgehead atoms. The minimum absolute atomic E-state index is 0.0728. The van der Waals surface area contributed by atoms with Gasteiger partial charge >= 0.3 is 0 Å². The molecular weight excluding hydrogens is 268 g/mol. The van der Waals surface area contributed by atoms with Gasteiger partial charge in [0.2, 0.25) is 6.79 Å². The van der Waals surface area contributed by atoms with E-state index in [-0.39, 0.29) is 18.8 Å². The van der Waals surface area contributed by atoms with Gasteiger partial charge in [-0.3, -0.25) is 4.79 Å². The molecule has 106 valence electrons. The number of fused-ring (bicyclic) bond motifs is 2. The zero-order valence-corrected chi connectivity index (χ0v) is 11.5. The summed E-state index contributed by atoms with van der Waals surface area (Å²) in [6.07, 6.45) is 0.789. The Labute approximate surface area is 122 Å². The van der Waals surface area contributed by atoms with Crippen molar-refractivity contribution in [3.05, 3.63) is 53.1 Å². The Morgan fingerprint density at radius 1 is 1.05 bits per heavy atom. The second-order valence-corrected chi connectivity index (χ2v) is 5.35. The van der Waals surface area contributed by atoms with Gasteiger partial charge in [-0.15, -0.1) is 0 Å². The monoisotopic (exact) mass is 282 g/mol. The molecule has 4 rings (SSSR count). The summed E-state index contributed by atoms with van der Waals surface area (Å²) >= 11 is 0. The van der Waals surface area contributed by atoms with Crippen molar-refractivity contribution in [3.63, 3.8) is 0 Å². The van der Waals surface area contributed by atoms with E-state index in [0.717, 1.165) is 34.7 Å². The van der Waals surface area contributed by atoms with Gasteiger partial charge < -0.3 is 14.2 Å². The van der Waals surface area contributed by atoms with Crippen LogP contribution in [0.5, 0.6) is 17.2 Å². The maximum absolute atomic E-state index is 10.9. The highest BCUT2D eigenvalue weighted by molar-refractivity contribution is 5.76. The van der Waals surface area contributed by atoms with Crippen LogP contribution in [0.2, 0.25) is 0 Å². The fourth-order valence-electron chi connectivity index (χ4n) is 2.95. The number of carbonyl (C=O) groups excluding carboxylic acids is 1. The summed E-state index contributed by atoms with van der Waals surface area (Å²) in [6, 6.07) is 11.4. The summed E-state index contributed by atoms with van der Waals surface area (Å²) in [7, 11) is 0. The number of hydrogen-bond donors (Lipinski definition) is 0. The van der Waals surface area contributed by atoms with Crippen molar-refractivity contribution in [2.75, 3.05) is 6.79 Å². The third-order valence-electron chi connectivity index (χ3n) is 4.09. The van der Waals surface area contributed by atoms with Crippen molar-refractivity contribution in [1.82, 2.24) is 0 Å². The van der Waals surface area contributed by atoms with Gasteiger partial charge in [0.05, 0.1) is 0 Å². The van der Waals surface area contributed by atoms with Gasteiger partial charge in [0, 0.05) is 17.0 Å². The van der Waals surface area contributed by atoms with Crippen LogP contribution < -0.4 is 14.2 Å². The Kier molecular flexibility index (Phi) is 2.64. The number of hydrogen-bond acceptors (Lipinski definition) is 4. The fraction of sp³-hybridized carbons (Fsp3) is 0.235. The Balaban J connectivity index is 1.70. The van der Waals surface area contributed by atoms with Crippen molar-refractivity contribution < 1.29 is 19.0 Å². The van der Waals surface area contributed by atoms with Crippen LogP contribution >= 0.6 is 0 Å². The van der Waals surface area contributed by atoms with Crippen LogP contribution in [0, 0.1) is 0 Å². The van der Waals surface area contributed by atoms with E-state index in [9.17, 15) is 4.79 Å². The second-order valence-electron chi connectivity index (χ2n) is 5.35. The Morgan fingerprint density at radius 2 is 1.86 bits per heavy atom. The molecule has 2 aromatic carbocycles. The highest BCUT2D eigenvalue weighted by Gasteiger charge is 2.33. The molecule has 0 amide bonds. The van der Waals surface area contributed by atoms with Gasteiger partial charge in [-0.05, 0) is 35.9 Å². The zero-order valence-electron chi connectivity index (χ0n) is 11.5. The molecule has 0 saturated carbocycles. The van der Waals surface area contributed by atoms with Gasteiger partial charge in [-0.2, -0.15) is 0 Å². The van der Waals surface area contributed by atoms with E-state index in [1.165, 1.54) is 0 Å². The number of aldehydes is 1. The molecule has 0 saturated heterocycles. The van der Waals surface area contributed by atoms with Crippen LogP contribution in [0.15, 0.2) is 36.4 Å². The first kappa shape index (κ1) is 12.3. The van der Waals surface area contributed by atoms with Gasteiger partial charge in [0.25, 0.3) is 0 Å². The maximum atomic E-state index is 10.9. The van der Waals surface area contributed by atoms with Crippen molar-refractivity contribution in [2.45, 2.75) is 18.9 Å². The molecule has 0 aliphatic carbocycles. The second kappa shape index (κ2) is 4.52. The normalized spacial score (nSPS) is 21.8. The van der Waals surface area contributed by atoms with Gasteiger partial charge in [0.15, 0.2) is 11.5 Å². The van der Waals surface area contributed by atoms with E-state index in [1.807, 2.05) is 30.3 Å². The molecule has 0 aromatic heterocycles. The highest BCUT2D eigenvalue weighted by atomic mass is 16.7. The van der Waals surface area contributed by atoms with E-state index in [1.54, 1.807) is 6.07 Å². The average molecular weight is 282 g/mol. The molecule has 21 heavy (non-hydrogen) atoms. The molecule has 0 radical (unpaired) electrons. The third-order valence-corrected chi connectivity index (χ3v) is 4.09. The number of ether oxygens (including phenoxy) is 3. The first-order valence-corrected chi connectivity index (χ1v) is 6.91. The zero-order chi connectivity index (χ0) is 14.4. The fourth-order valence-corrected chi connectivity index (χ4v) is 2.95. The summed E-state index contributed by atoms with van der Waals surface area (Å²) in [5.41, 5.74) is 2.80. The van der Waals surface area contributed by atoms with Gasteiger partial charge in [-0.25, -0.2) is 0 Å². The highest BCUT2D eigenvalue weighted by Crippen LogP contribution is 2.47. The molecular formula is C17H14O4. The lowest BCUT2D eigenvalue weighted by Crippen LogP contribution is -2.07. The topological polar surface area (TPSA) is 44.8 Å². The summed E-state index contributed by atoms with van der Waals surface area (Å²) < 4.78 is 16.8. The number of carbonyl (C=O) groups is 1. The van der Waals surface area contributed by atoms with E-state index in [2.05, 4.69) is 6.92 Å². The molecule has 0 fully saturated rings. The number of rotatable bonds is 2.